The van der Waals surface area contributed by atoms with E-state index in [0.717, 1.165) is 26.0 Å². The SMILES string of the molecule is O=C(COC(=O)Cc1sc(-c2ccccc2)nc1-c1cccs1)NC1CCS(=O)(=O)C1. The molecule has 0 aliphatic carbocycles. The summed E-state index contributed by atoms with van der Waals surface area (Å²) in [4.78, 5) is 30.9. The molecule has 1 aromatic carbocycles. The molecule has 10 heteroatoms. The van der Waals surface area contributed by atoms with Crippen LogP contribution in [0.3, 0.4) is 0 Å². The molecule has 0 saturated carbocycles. The summed E-state index contributed by atoms with van der Waals surface area (Å²) in [5.74, 6) is -1.03. The van der Waals surface area contributed by atoms with E-state index < -0.39 is 34.4 Å². The van der Waals surface area contributed by atoms with Crippen molar-refractivity contribution < 1.29 is 22.7 Å². The maximum Gasteiger partial charge on any atom is 0.311 e. The number of esters is 1. The number of nitrogens with zero attached hydrogens (tertiary/aromatic N) is 1. The van der Waals surface area contributed by atoms with Crippen LogP contribution in [0.5, 0.6) is 0 Å². The molecule has 162 valence electrons. The summed E-state index contributed by atoms with van der Waals surface area (Å²) >= 11 is 2.97. The predicted octanol–water partition coefficient (Wildman–Crippen LogP) is 2.93. The van der Waals surface area contributed by atoms with Gasteiger partial charge in [-0.05, 0) is 17.9 Å². The molecule has 1 N–H and O–H groups in total. The summed E-state index contributed by atoms with van der Waals surface area (Å²) in [7, 11) is -3.09. The lowest BCUT2D eigenvalue weighted by Gasteiger charge is -2.11. The standard InChI is InChI=1S/C21H20N2O5S3/c24-18(22-15-8-10-31(26,27)13-15)12-28-19(25)11-17-20(16-7-4-9-29-16)23-21(30-17)14-5-2-1-3-6-14/h1-7,9,15H,8,10-13H2,(H,22,24). The first-order chi connectivity index (χ1) is 14.9. The number of benzene rings is 1. The second kappa shape index (κ2) is 9.29. The van der Waals surface area contributed by atoms with E-state index in [2.05, 4.69) is 5.32 Å². The summed E-state index contributed by atoms with van der Waals surface area (Å²) in [6.45, 7) is -0.436. The van der Waals surface area contributed by atoms with Crippen molar-refractivity contribution in [1.82, 2.24) is 10.3 Å². The van der Waals surface area contributed by atoms with Crippen LogP contribution in [0.2, 0.25) is 0 Å². The van der Waals surface area contributed by atoms with E-state index in [1.165, 1.54) is 11.3 Å². The zero-order valence-electron chi connectivity index (χ0n) is 16.4. The smallest absolute Gasteiger partial charge is 0.311 e. The van der Waals surface area contributed by atoms with Gasteiger partial charge in [-0.2, -0.15) is 0 Å². The number of sulfone groups is 1. The topological polar surface area (TPSA) is 102 Å². The number of nitrogens with one attached hydrogen (secondary N) is 1. The van der Waals surface area contributed by atoms with Gasteiger partial charge in [-0.1, -0.05) is 36.4 Å². The summed E-state index contributed by atoms with van der Waals surface area (Å²) in [5.41, 5.74) is 1.72. The van der Waals surface area contributed by atoms with Crippen LogP contribution >= 0.6 is 22.7 Å². The van der Waals surface area contributed by atoms with E-state index in [1.54, 1.807) is 11.3 Å². The van der Waals surface area contributed by atoms with Crippen molar-refractivity contribution in [3.8, 4) is 21.1 Å². The second-order valence-electron chi connectivity index (χ2n) is 7.14. The third-order valence-corrected chi connectivity index (χ3v) is 8.49. The van der Waals surface area contributed by atoms with Gasteiger partial charge in [0.25, 0.3) is 5.91 Å². The number of hydrogen-bond acceptors (Lipinski definition) is 8. The van der Waals surface area contributed by atoms with Gasteiger partial charge in [0.05, 0.1) is 28.5 Å². The fraction of sp³-hybridized carbons (Fsp3) is 0.286. The minimum Gasteiger partial charge on any atom is -0.455 e. The Morgan fingerprint density at radius 2 is 1.97 bits per heavy atom. The minimum absolute atomic E-state index is 0.00280. The van der Waals surface area contributed by atoms with Crippen LogP contribution in [0.15, 0.2) is 47.8 Å². The number of carbonyl (C=O) groups excluding carboxylic acids is 2. The van der Waals surface area contributed by atoms with Gasteiger partial charge >= 0.3 is 5.97 Å². The highest BCUT2D eigenvalue weighted by Gasteiger charge is 2.29. The quantitative estimate of drug-likeness (QED) is 0.526. The van der Waals surface area contributed by atoms with Gasteiger partial charge in [0.2, 0.25) is 0 Å². The average molecular weight is 477 g/mol. The molecule has 1 saturated heterocycles. The van der Waals surface area contributed by atoms with Gasteiger partial charge in [-0.25, -0.2) is 13.4 Å². The Morgan fingerprint density at radius 1 is 1.16 bits per heavy atom. The highest BCUT2D eigenvalue weighted by molar-refractivity contribution is 7.91. The molecule has 0 spiro atoms. The van der Waals surface area contributed by atoms with Crippen LogP contribution < -0.4 is 5.32 Å². The first kappa shape index (κ1) is 21.7. The number of thiophene rings is 1. The molecule has 7 nitrogen and oxygen atoms in total. The molecule has 3 aromatic rings. The number of carbonyl (C=O) groups is 2. The fourth-order valence-electron chi connectivity index (χ4n) is 3.29. The molecule has 1 unspecified atom stereocenters. The second-order valence-corrected chi connectivity index (χ2v) is 11.4. The fourth-order valence-corrected chi connectivity index (χ4v) is 6.83. The van der Waals surface area contributed by atoms with E-state index in [0.29, 0.717) is 6.42 Å². The average Bonchev–Trinajstić information content (AvgIpc) is 3.47. The normalized spacial score (nSPS) is 17.4. The molecule has 1 fully saturated rings. The minimum atomic E-state index is -3.09. The van der Waals surface area contributed by atoms with Crippen molar-refractivity contribution in [2.24, 2.45) is 0 Å². The molecular formula is C21H20N2O5S3. The van der Waals surface area contributed by atoms with Gasteiger partial charge in [-0.15, -0.1) is 22.7 Å². The van der Waals surface area contributed by atoms with Crippen LogP contribution in [0.4, 0.5) is 0 Å². The van der Waals surface area contributed by atoms with Gasteiger partial charge in [0.15, 0.2) is 16.4 Å². The molecule has 4 rings (SSSR count). The molecule has 0 bridgehead atoms. The van der Waals surface area contributed by atoms with E-state index >= 15 is 0 Å². The summed E-state index contributed by atoms with van der Waals surface area (Å²) in [5, 5.41) is 5.37. The number of thiazole rings is 1. The van der Waals surface area contributed by atoms with Gasteiger partial charge < -0.3 is 10.1 Å². The maximum atomic E-state index is 12.4. The Balaban J connectivity index is 1.40. The Labute approximate surface area is 188 Å². The first-order valence-electron chi connectivity index (χ1n) is 9.64. The molecule has 0 radical (unpaired) electrons. The van der Waals surface area contributed by atoms with Crippen molar-refractivity contribution in [3.05, 3.63) is 52.7 Å². The van der Waals surface area contributed by atoms with Gasteiger partial charge in [0, 0.05) is 16.5 Å². The molecular weight excluding hydrogens is 456 g/mol. The van der Waals surface area contributed by atoms with Crippen LogP contribution in [0, 0.1) is 0 Å². The van der Waals surface area contributed by atoms with E-state index in [-0.39, 0.29) is 17.9 Å². The third kappa shape index (κ3) is 5.57. The van der Waals surface area contributed by atoms with E-state index in [9.17, 15) is 18.0 Å². The van der Waals surface area contributed by atoms with Crippen molar-refractivity contribution in [1.29, 1.82) is 0 Å². The molecule has 1 atom stereocenters. The highest BCUT2D eigenvalue weighted by Crippen LogP contribution is 2.36. The van der Waals surface area contributed by atoms with Crippen molar-refractivity contribution in [2.45, 2.75) is 18.9 Å². The molecule has 2 aromatic heterocycles. The lowest BCUT2D eigenvalue weighted by molar-refractivity contribution is -0.148. The molecule has 1 amide bonds. The van der Waals surface area contributed by atoms with Crippen LogP contribution in [0.1, 0.15) is 11.3 Å². The molecule has 1 aliphatic heterocycles. The van der Waals surface area contributed by atoms with Gasteiger partial charge in [0.1, 0.15) is 5.01 Å². The lowest BCUT2D eigenvalue weighted by Crippen LogP contribution is -2.38. The van der Waals surface area contributed by atoms with Crippen LogP contribution in [0.25, 0.3) is 21.1 Å². The summed E-state index contributed by atoms with van der Waals surface area (Å²) in [6, 6.07) is 13.2. The number of amides is 1. The Kier molecular flexibility index (Phi) is 6.49. The predicted molar refractivity (Wildman–Crippen MR) is 121 cm³/mol. The van der Waals surface area contributed by atoms with E-state index in [4.69, 9.17) is 9.72 Å². The zero-order chi connectivity index (χ0) is 21.8. The highest BCUT2D eigenvalue weighted by atomic mass is 32.2. The Hall–Kier alpha value is -2.56. The third-order valence-electron chi connectivity index (χ3n) is 4.74. The Bertz CT molecular complexity index is 1170. The largest absolute Gasteiger partial charge is 0.455 e. The maximum absolute atomic E-state index is 12.4. The van der Waals surface area contributed by atoms with Crippen molar-refractivity contribution in [2.75, 3.05) is 18.1 Å². The van der Waals surface area contributed by atoms with Crippen LogP contribution in [-0.2, 0) is 30.6 Å². The molecule has 3 heterocycles. The lowest BCUT2D eigenvalue weighted by atomic mass is 10.2. The number of ether oxygens (including phenoxy) is 1. The molecule has 1 aliphatic rings. The van der Waals surface area contributed by atoms with E-state index in [1.807, 2.05) is 47.8 Å². The number of aromatic nitrogens is 1. The first-order valence-corrected chi connectivity index (χ1v) is 13.2. The Morgan fingerprint density at radius 3 is 2.65 bits per heavy atom. The zero-order valence-corrected chi connectivity index (χ0v) is 18.9. The van der Waals surface area contributed by atoms with Crippen molar-refractivity contribution in [3.63, 3.8) is 0 Å². The molecule has 31 heavy (non-hydrogen) atoms. The van der Waals surface area contributed by atoms with Gasteiger partial charge in [-0.3, -0.25) is 9.59 Å². The summed E-state index contributed by atoms with van der Waals surface area (Å²) < 4.78 is 28.1. The monoisotopic (exact) mass is 476 g/mol. The number of hydrogen-bond donors (Lipinski definition) is 1. The summed E-state index contributed by atoms with van der Waals surface area (Å²) in [6.07, 6.45) is 0.387. The van der Waals surface area contributed by atoms with Crippen LogP contribution in [-0.4, -0.2) is 49.4 Å². The van der Waals surface area contributed by atoms with Crippen molar-refractivity contribution >= 4 is 44.4 Å². The number of rotatable bonds is 7.